The molecule has 6 rings (SSSR count). The molecule has 3 saturated heterocycles. The topological polar surface area (TPSA) is 285 Å². The van der Waals surface area contributed by atoms with Gasteiger partial charge in [0.1, 0.15) is 48.8 Å². The fourth-order valence-electron chi connectivity index (χ4n) is 12.4. The predicted octanol–water partition coefficient (Wildman–Crippen LogP) is 2.96. The van der Waals surface area contributed by atoms with Crippen LogP contribution in [0.4, 0.5) is 4.39 Å². The summed E-state index contributed by atoms with van der Waals surface area (Å²) in [6.07, 6.45) is -5.22. The third-order valence-electron chi connectivity index (χ3n) is 17.1. The number of methoxy groups -OCH3 is 2. The molecule has 3 aliphatic rings. The minimum atomic E-state index is -1.84. The van der Waals surface area contributed by atoms with Crippen molar-refractivity contribution in [1.29, 1.82) is 0 Å². The first-order valence-corrected chi connectivity index (χ1v) is 27.1. The summed E-state index contributed by atoms with van der Waals surface area (Å²) in [5.74, 6) is -4.04. The quantitative estimate of drug-likeness (QED) is 0.112. The van der Waals surface area contributed by atoms with E-state index in [1.54, 1.807) is 72.0 Å². The highest BCUT2D eigenvalue weighted by molar-refractivity contribution is 5.90. The molecule has 7 N–H and O–H groups in total. The number of aliphatic hydroxyl groups excluding tert-OH is 3. The van der Waals surface area contributed by atoms with Gasteiger partial charge in [0, 0.05) is 64.3 Å². The van der Waals surface area contributed by atoms with E-state index in [2.05, 4.69) is 20.6 Å². The number of nitrogens with zero attached hydrogens (tertiary/aromatic N) is 8. The number of esters is 1. The van der Waals surface area contributed by atoms with Crippen LogP contribution in [0.1, 0.15) is 129 Å². The number of carbonyl (C=O) groups is 2. The molecular formula is C54H88FN9O13. The molecule has 1 amide bonds. The van der Waals surface area contributed by atoms with Crippen LogP contribution < -0.4 is 5.73 Å². The second kappa shape index (κ2) is 25.6. The normalized spacial score (nSPS) is 38.1. The van der Waals surface area contributed by atoms with Gasteiger partial charge in [0.15, 0.2) is 12.0 Å². The molecule has 22 nitrogen and oxygen atoms in total. The Kier molecular flexibility index (Phi) is 20.6. The van der Waals surface area contributed by atoms with Crippen molar-refractivity contribution in [3.05, 3.63) is 53.6 Å². The van der Waals surface area contributed by atoms with Crippen LogP contribution >= 0.6 is 0 Å². The number of hydrogen-bond donors (Lipinski definition) is 6. The van der Waals surface area contributed by atoms with E-state index in [1.807, 2.05) is 44.7 Å². The van der Waals surface area contributed by atoms with Crippen LogP contribution in [-0.4, -0.2) is 209 Å². The molecule has 23 heteroatoms. The molecular weight excluding hydrogens is 1000 g/mol. The molecule has 5 heterocycles. The molecule has 0 radical (unpaired) electrons. The Hall–Kier alpha value is -4.11. The van der Waals surface area contributed by atoms with Crippen molar-refractivity contribution in [1.82, 2.24) is 39.8 Å². The number of likely N-dealkylation sites (N-methyl/N-ethyl adjacent to an activating group) is 2. The third kappa shape index (κ3) is 13.7. The average Bonchev–Trinajstić information content (AvgIpc) is 4.10. The number of amides is 1. The molecule has 0 spiro atoms. The SMILES string of the molecule is CC[C@H]1OC(=O)[C@H](C)C([C@H]2C[C@@](C)(OC)[C@@H](O)[C@H](C)O2)[C@H](C)[C@@H](O[C@@H]2O[C@H](C)C[C@H](N(C)CCc3cn([C@H](CF)[C@H](OC)c4ccc(-n5cc(C(N)=O)nn5)cc4)nn3)[C@H]2O)[C@](C)(O)C[C@@H](C)CN(C)[C@H](C)[C@@H](O)[C@]1(C)O. The number of benzene rings is 1. The average molecular weight is 1090 g/mol. The maximum Gasteiger partial charge on any atom is 0.309 e. The molecule has 1 unspecified atom stereocenters. The second-order valence-electron chi connectivity index (χ2n) is 23.1. The molecule has 0 aliphatic carbocycles. The van der Waals surface area contributed by atoms with Gasteiger partial charge in [-0.2, -0.15) is 0 Å². The Morgan fingerprint density at radius 3 is 2.25 bits per heavy atom. The summed E-state index contributed by atoms with van der Waals surface area (Å²) in [5.41, 5.74) is 2.62. The standard InChI is InChI=1S/C54H88FN9O13/c1-15-42-54(10,71)46(66)33(6)62(12)26-29(2)23-52(8,70)48(31(4)43(32(5)50(69)76-42)41-24-53(9,73-14)47(67)34(7)75-41)77-51-44(65)39(22-30(3)74-51)61(11)21-20-36-27-64(59-57-36)40(25-55)45(72-13)35-16-18-37(19-17-35)63-28-38(49(56)68)58-60-63/h16-19,27-34,39-48,51,65-67,70-71H,15,20-26H2,1-14H3,(H2,56,68)/t29-,30-,31+,32-,33-,34+,39+,40-,41-,42-,43?,44-,45-,46-,47+,48-,51+,52-,53-,54-/m1/s1. The Morgan fingerprint density at radius 2 is 1.65 bits per heavy atom. The zero-order valence-corrected chi connectivity index (χ0v) is 47.5. The number of ether oxygens (including phenoxy) is 6. The van der Waals surface area contributed by atoms with Gasteiger partial charge in [-0.1, -0.05) is 50.3 Å². The smallest absolute Gasteiger partial charge is 0.309 e. The van der Waals surface area contributed by atoms with Gasteiger partial charge in [-0.25, -0.2) is 13.8 Å². The molecule has 3 fully saturated rings. The summed E-state index contributed by atoms with van der Waals surface area (Å²) in [6, 6.07) is 5.04. The highest BCUT2D eigenvalue weighted by Crippen LogP contribution is 2.45. The fourth-order valence-corrected chi connectivity index (χ4v) is 12.4. The van der Waals surface area contributed by atoms with Crippen molar-refractivity contribution in [3.8, 4) is 5.69 Å². The molecule has 20 atom stereocenters. The van der Waals surface area contributed by atoms with Crippen molar-refractivity contribution in [2.45, 2.75) is 197 Å². The van der Waals surface area contributed by atoms with Gasteiger partial charge < -0.3 is 69.5 Å². The summed E-state index contributed by atoms with van der Waals surface area (Å²) in [4.78, 5) is 30.1. The van der Waals surface area contributed by atoms with Crippen molar-refractivity contribution in [2.75, 3.05) is 48.1 Å². The van der Waals surface area contributed by atoms with Gasteiger partial charge in [-0.3, -0.25) is 9.59 Å². The molecule has 77 heavy (non-hydrogen) atoms. The van der Waals surface area contributed by atoms with Gasteiger partial charge in [-0.05, 0) is 104 Å². The minimum Gasteiger partial charge on any atom is -0.459 e. The van der Waals surface area contributed by atoms with Crippen molar-refractivity contribution >= 4 is 11.9 Å². The second-order valence-corrected chi connectivity index (χ2v) is 23.1. The van der Waals surface area contributed by atoms with Crippen molar-refractivity contribution in [2.24, 2.45) is 29.4 Å². The van der Waals surface area contributed by atoms with E-state index in [4.69, 9.17) is 34.2 Å². The van der Waals surface area contributed by atoms with Crippen molar-refractivity contribution in [3.63, 3.8) is 0 Å². The summed E-state index contributed by atoms with van der Waals surface area (Å²) in [6.45, 7) is 17.7. The monoisotopic (exact) mass is 1090 g/mol. The van der Waals surface area contributed by atoms with Crippen LogP contribution in [-0.2, 0) is 39.6 Å². The Labute approximate surface area is 452 Å². The molecule has 3 aliphatic heterocycles. The van der Waals surface area contributed by atoms with E-state index < -0.39 is 132 Å². The highest BCUT2D eigenvalue weighted by Gasteiger charge is 2.55. The minimum absolute atomic E-state index is 0.0141. The molecule has 2 aromatic heterocycles. The lowest BCUT2D eigenvalue weighted by Gasteiger charge is -2.51. The zero-order valence-electron chi connectivity index (χ0n) is 47.5. The summed E-state index contributed by atoms with van der Waals surface area (Å²) in [5, 5.41) is 76.7. The van der Waals surface area contributed by atoms with E-state index in [0.717, 1.165) is 0 Å². The fraction of sp³-hybridized carbons (Fsp3) is 0.778. The first-order chi connectivity index (χ1) is 36.1. The Balaban J connectivity index is 1.25. The number of aliphatic hydroxyl groups is 5. The van der Waals surface area contributed by atoms with Crippen LogP contribution in [0.3, 0.4) is 0 Å². The first-order valence-electron chi connectivity index (χ1n) is 27.1. The summed E-state index contributed by atoms with van der Waals surface area (Å²) >= 11 is 0. The van der Waals surface area contributed by atoms with Crippen LogP contribution in [0.5, 0.6) is 0 Å². The van der Waals surface area contributed by atoms with Gasteiger partial charge in [-0.15, -0.1) is 10.2 Å². The maximum atomic E-state index is 14.9. The van der Waals surface area contributed by atoms with Crippen LogP contribution in [0.15, 0.2) is 36.7 Å². The van der Waals surface area contributed by atoms with E-state index in [9.17, 15) is 39.5 Å². The summed E-state index contributed by atoms with van der Waals surface area (Å²) in [7, 11) is 6.71. The van der Waals surface area contributed by atoms with Gasteiger partial charge in [0.05, 0.1) is 59.1 Å². The van der Waals surface area contributed by atoms with Gasteiger partial charge >= 0.3 is 5.97 Å². The number of hydrogen-bond acceptors (Lipinski definition) is 19. The summed E-state index contributed by atoms with van der Waals surface area (Å²) < 4.78 is 55.8. The van der Waals surface area contributed by atoms with Crippen LogP contribution in [0.25, 0.3) is 5.69 Å². The van der Waals surface area contributed by atoms with Crippen LogP contribution in [0.2, 0.25) is 0 Å². The number of halogens is 1. The lowest BCUT2D eigenvalue weighted by Crippen LogP contribution is -2.62. The third-order valence-corrected chi connectivity index (χ3v) is 17.1. The zero-order chi connectivity index (χ0) is 57.1. The highest BCUT2D eigenvalue weighted by atomic mass is 19.1. The van der Waals surface area contributed by atoms with E-state index in [-0.39, 0.29) is 30.9 Å². The number of nitrogens with two attached hydrogens (primary N) is 1. The number of alkyl halides is 1. The van der Waals surface area contributed by atoms with Gasteiger partial charge in [0.2, 0.25) is 0 Å². The number of primary amides is 1. The molecule has 434 valence electrons. The van der Waals surface area contributed by atoms with Crippen molar-refractivity contribution < 1.29 is 67.9 Å². The first kappa shape index (κ1) is 62.1. The molecule has 0 saturated carbocycles. The predicted molar refractivity (Wildman–Crippen MR) is 280 cm³/mol. The number of cyclic esters (lactones) is 1. The molecule has 3 aromatic rings. The molecule has 1 aromatic carbocycles. The lowest BCUT2D eigenvalue weighted by molar-refractivity contribution is -0.302. The van der Waals surface area contributed by atoms with E-state index in [1.165, 1.54) is 36.7 Å². The number of aromatic nitrogens is 6. The Bertz CT molecular complexity index is 2380. The maximum absolute atomic E-state index is 14.9. The number of carbonyl (C=O) groups excluding carboxylic acids is 2. The largest absolute Gasteiger partial charge is 0.459 e. The van der Waals surface area contributed by atoms with E-state index in [0.29, 0.717) is 42.9 Å². The van der Waals surface area contributed by atoms with E-state index >= 15 is 0 Å². The van der Waals surface area contributed by atoms with Gasteiger partial charge in [0.25, 0.3) is 5.91 Å². The van der Waals surface area contributed by atoms with Crippen LogP contribution in [0, 0.1) is 23.7 Å². The lowest BCUT2D eigenvalue weighted by atomic mass is 9.68. The number of rotatable bonds is 16. The molecule has 0 bridgehead atoms. The Morgan fingerprint density at radius 1 is 0.974 bits per heavy atom.